The van der Waals surface area contributed by atoms with Crippen molar-refractivity contribution in [2.45, 2.75) is 45.2 Å². The first kappa shape index (κ1) is 18.6. The molecule has 2 rings (SSSR count). The molecule has 0 radical (unpaired) electrons. The summed E-state index contributed by atoms with van der Waals surface area (Å²) in [4.78, 5) is 0. The van der Waals surface area contributed by atoms with Gasteiger partial charge in [-0.3, -0.25) is 0 Å². The Morgan fingerprint density at radius 2 is 1.21 bits per heavy atom. The third-order valence-corrected chi connectivity index (χ3v) is 6.36. The van der Waals surface area contributed by atoms with Crippen LogP contribution in [0.15, 0.2) is 54.6 Å². The molecule has 0 aliphatic carbocycles. The van der Waals surface area contributed by atoms with Crippen LogP contribution in [0.2, 0.25) is 0 Å². The summed E-state index contributed by atoms with van der Waals surface area (Å²) in [6.45, 7) is 9.42. The average molecular weight is 316 g/mol. The van der Waals surface area contributed by atoms with Gasteiger partial charge in [0.1, 0.15) is 0 Å². The monoisotopic (exact) mass is 316 g/mol. The number of hydrogen-bond acceptors (Lipinski definition) is 0. The molecule has 0 saturated heterocycles. The van der Waals surface area contributed by atoms with Crippen LogP contribution < -0.4 is 0 Å². The standard InChI is InChI=1S/C12H20P.C5H5.Fe/c1-10(2)13(11(3)4)9-12-7-5-6-8-12;1-2-4-5-3-1;/h5-8,10-11H,9H2,1-4H3;1-5H;/q-1;-5;. The van der Waals surface area contributed by atoms with Gasteiger partial charge in [-0.1, -0.05) is 33.9 Å². The van der Waals surface area contributed by atoms with E-state index in [-0.39, 0.29) is 25.0 Å². The van der Waals surface area contributed by atoms with E-state index in [2.05, 4.69) is 52.0 Å². The van der Waals surface area contributed by atoms with Crippen LogP contribution in [0.25, 0.3) is 0 Å². The predicted molar refractivity (Wildman–Crippen MR) is 85.0 cm³/mol. The second kappa shape index (κ2) is 10.4. The Balaban J connectivity index is 0.000000454. The summed E-state index contributed by atoms with van der Waals surface area (Å²) < 4.78 is 0. The molecule has 2 heteroatoms. The van der Waals surface area contributed by atoms with Crippen LogP contribution >= 0.6 is 7.92 Å². The molecule has 0 spiro atoms. The normalized spacial score (nSPS) is 10.3. The predicted octanol–water partition coefficient (Wildman–Crippen LogP) is 5.61. The first-order chi connectivity index (χ1) is 8.61. The number of hydrogen-bond donors (Lipinski definition) is 0. The van der Waals surface area contributed by atoms with Crippen molar-refractivity contribution in [3.05, 3.63) is 60.2 Å². The minimum absolute atomic E-state index is 0. The maximum Gasteiger partial charge on any atom is 0 e. The Kier molecular flexibility index (Phi) is 10.2. The summed E-state index contributed by atoms with van der Waals surface area (Å²) in [6, 6.07) is 18.8. The van der Waals surface area contributed by atoms with Crippen molar-refractivity contribution in [1.82, 2.24) is 0 Å². The molecule has 0 nitrogen and oxygen atoms in total. The Bertz CT molecular complexity index is 348. The Labute approximate surface area is 130 Å². The summed E-state index contributed by atoms with van der Waals surface area (Å²) in [7, 11) is 0.171. The van der Waals surface area contributed by atoms with E-state index in [0.717, 1.165) is 11.3 Å². The Hall–Kier alpha value is -0.351. The minimum atomic E-state index is 0. The van der Waals surface area contributed by atoms with Crippen molar-refractivity contribution in [3.8, 4) is 0 Å². The van der Waals surface area contributed by atoms with Crippen LogP contribution in [0, 0.1) is 0 Å². The molecular weight excluding hydrogens is 291 g/mol. The fourth-order valence-electron chi connectivity index (χ4n) is 2.01. The topological polar surface area (TPSA) is 0 Å². The average Bonchev–Trinajstić information content (AvgIpc) is 3.01. The molecule has 0 atom stereocenters. The maximum atomic E-state index is 2.36. The molecule has 0 N–H and O–H groups in total. The summed E-state index contributed by atoms with van der Waals surface area (Å²) in [5.41, 5.74) is 3.23. The van der Waals surface area contributed by atoms with E-state index >= 15 is 0 Å². The maximum absolute atomic E-state index is 2.36. The fourth-order valence-corrected chi connectivity index (χ4v) is 4.57. The summed E-state index contributed by atoms with van der Waals surface area (Å²) >= 11 is 0. The molecule has 19 heavy (non-hydrogen) atoms. The quantitative estimate of drug-likeness (QED) is 0.391. The molecule has 0 unspecified atom stereocenters. The van der Waals surface area contributed by atoms with Crippen LogP contribution in [0.3, 0.4) is 0 Å². The van der Waals surface area contributed by atoms with Gasteiger partial charge in [-0.05, 0) is 11.3 Å². The van der Waals surface area contributed by atoms with Crippen LogP contribution in [-0.2, 0) is 23.2 Å². The molecule has 0 amide bonds. The smallest absolute Gasteiger partial charge is 0 e. The Morgan fingerprint density at radius 1 is 0.842 bits per heavy atom. The van der Waals surface area contributed by atoms with Crippen LogP contribution in [0.5, 0.6) is 0 Å². The van der Waals surface area contributed by atoms with E-state index in [9.17, 15) is 0 Å². The SMILES string of the molecule is CC(C)P(C[c-]1cccc1)C(C)C.[Fe].[cH-]1[cH-][cH-][cH-][cH-]1. The molecule has 0 aliphatic rings. The van der Waals surface area contributed by atoms with Gasteiger partial charge in [0.2, 0.25) is 0 Å². The molecule has 2 aromatic carbocycles. The Morgan fingerprint density at radius 3 is 1.53 bits per heavy atom. The van der Waals surface area contributed by atoms with Gasteiger partial charge in [-0.2, -0.15) is 17.7 Å². The molecule has 112 valence electrons. The van der Waals surface area contributed by atoms with Gasteiger partial charge >= 0.3 is 0 Å². The van der Waals surface area contributed by atoms with Crippen molar-refractivity contribution in [2.75, 3.05) is 0 Å². The fraction of sp³-hybridized carbons (Fsp3) is 0.412. The molecule has 2 aromatic rings. The third-order valence-electron chi connectivity index (χ3n) is 2.98. The van der Waals surface area contributed by atoms with E-state index in [4.69, 9.17) is 0 Å². The molecule has 0 aliphatic heterocycles. The number of rotatable bonds is 4. The zero-order valence-corrected chi connectivity index (χ0v) is 14.4. The largest absolute Gasteiger partial charge is 0.748 e. The van der Waals surface area contributed by atoms with E-state index in [0.29, 0.717) is 0 Å². The van der Waals surface area contributed by atoms with Gasteiger partial charge < -0.3 is 30.3 Å². The van der Waals surface area contributed by atoms with Crippen molar-refractivity contribution in [1.29, 1.82) is 0 Å². The van der Waals surface area contributed by atoms with Crippen LogP contribution in [-0.4, -0.2) is 11.3 Å². The molecule has 0 heterocycles. The second-order valence-electron chi connectivity index (χ2n) is 5.12. The van der Waals surface area contributed by atoms with Crippen molar-refractivity contribution >= 4 is 7.92 Å². The van der Waals surface area contributed by atoms with Gasteiger partial charge in [0.05, 0.1) is 0 Å². The van der Waals surface area contributed by atoms with Crippen molar-refractivity contribution < 1.29 is 17.1 Å². The molecule has 0 bridgehead atoms. The van der Waals surface area contributed by atoms with E-state index < -0.39 is 0 Å². The minimum Gasteiger partial charge on any atom is -0.748 e. The van der Waals surface area contributed by atoms with Crippen LogP contribution in [0.1, 0.15) is 33.3 Å². The van der Waals surface area contributed by atoms with E-state index in [1.54, 1.807) is 0 Å². The first-order valence-electron chi connectivity index (χ1n) is 6.74. The van der Waals surface area contributed by atoms with Crippen LogP contribution in [0.4, 0.5) is 0 Å². The zero-order valence-electron chi connectivity index (χ0n) is 12.4. The molecule has 0 fully saturated rings. The van der Waals surface area contributed by atoms with Gasteiger partial charge in [0, 0.05) is 17.1 Å². The zero-order chi connectivity index (χ0) is 13.4. The van der Waals surface area contributed by atoms with Gasteiger partial charge in [-0.25, -0.2) is 12.1 Å². The second-order valence-corrected chi connectivity index (χ2v) is 8.53. The first-order valence-corrected chi connectivity index (χ1v) is 8.40. The summed E-state index contributed by atoms with van der Waals surface area (Å²) in [5, 5.41) is 0. The summed E-state index contributed by atoms with van der Waals surface area (Å²) in [6.07, 6.45) is 1.30. The van der Waals surface area contributed by atoms with Crippen molar-refractivity contribution in [3.63, 3.8) is 0 Å². The molecule has 0 saturated carbocycles. The molecule has 0 aromatic heterocycles. The van der Waals surface area contributed by atoms with E-state index in [1.807, 2.05) is 30.3 Å². The van der Waals surface area contributed by atoms with Gasteiger partial charge in [0.15, 0.2) is 0 Å². The third kappa shape index (κ3) is 7.73. The van der Waals surface area contributed by atoms with E-state index in [1.165, 1.54) is 11.7 Å². The van der Waals surface area contributed by atoms with Crippen molar-refractivity contribution in [2.24, 2.45) is 0 Å². The van der Waals surface area contributed by atoms with Gasteiger partial charge in [-0.15, -0.1) is 7.92 Å². The summed E-state index contributed by atoms with van der Waals surface area (Å²) in [5.74, 6) is 0. The van der Waals surface area contributed by atoms with Gasteiger partial charge in [0.25, 0.3) is 0 Å². The molecular formula is C17H25FeP-6.